The molecule has 0 spiro atoms. The molecule has 21 heavy (non-hydrogen) atoms. The van der Waals surface area contributed by atoms with Gasteiger partial charge < -0.3 is 19.7 Å². The number of methoxy groups -OCH3 is 1. The Morgan fingerprint density at radius 1 is 1.38 bits per heavy atom. The zero-order valence-corrected chi connectivity index (χ0v) is 13.1. The number of hydrogen-bond acceptors (Lipinski definition) is 5. The van der Waals surface area contributed by atoms with Crippen molar-refractivity contribution in [2.45, 2.75) is 63.9 Å². The van der Waals surface area contributed by atoms with Gasteiger partial charge in [0.2, 0.25) is 5.79 Å². The Labute approximate surface area is 124 Å². The molecular weight excluding hydrogens is 272 g/mol. The van der Waals surface area contributed by atoms with E-state index in [0.29, 0.717) is 17.6 Å². The van der Waals surface area contributed by atoms with E-state index in [0.717, 1.165) is 12.8 Å². The number of carbonyl (C=O) groups is 1. The van der Waals surface area contributed by atoms with E-state index in [1.807, 2.05) is 6.92 Å². The van der Waals surface area contributed by atoms with Crippen LogP contribution in [0.4, 0.5) is 0 Å². The van der Waals surface area contributed by atoms with E-state index in [1.54, 1.807) is 14.0 Å². The van der Waals surface area contributed by atoms with Gasteiger partial charge in [0.1, 0.15) is 0 Å². The lowest BCUT2D eigenvalue weighted by Gasteiger charge is -2.61. The molecule has 1 heterocycles. The standard InChI is InChI=1S/C16H24O5/c1-9-6-5-7-15(18)8-16(19)11(10(2)13(17)21-16)12(20-4)14(9,15)3/h9,12,18-19H,5-8H2,1-4H3. The zero-order valence-electron chi connectivity index (χ0n) is 13.1. The number of rotatable bonds is 1. The van der Waals surface area contributed by atoms with Crippen molar-refractivity contribution < 1.29 is 24.5 Å². The van der Waals surface area contributed by atoms with Gasteiger partial charge in [-0.15, -0.1) is 0 Å². The second-order valence-corrected chi connectivity index (χ2v) is 7.11. The van der Waals surface area contributed by atoms with Crippen molar-refractivity contribution in [1.82, 2.24) is 0 Å². The maximum absolute atomic E-state index is 11.9. The van der Waals surface area contributed by atoms with Crippen LogP contribution in [0.5, 0.6) is 0 Å². The lowest BCUT2D eigenvalue weighted by atomic mass is 9.49. The second-order valence-electron chi connectivity index (χ2n) is 7.11. The number of fused-ring (bicyclic) bond motifs is 2. The average molecular weight is 296 g/mol. The maximum atomic E-state index is 11.9. The largest absolute Gasteiger partial charge is 0.426 e. The molecule has 2 saturated carbocycles. The summed E-state index contributed by atoms with van der Waals surface area (Å²) < 4.78 is 10.9. The monoisotopic (exact) mass is 296 g/mol. The molecule has 2 aliphatic carbocycles. The van der Waals surface area contributed by atoms with Gasteiger partial charge in [0, 0.05) is 30.1 Å². The summed E-state index contributed by atoms with van der Waals surface area (Å²) in [5, 5.41) is 22.1. The third-order valence-corrected chi connectivity index (χ3v) is 6.22. The molecule has 118 valence electrons. The van der Waals surface area contributed by atoms with Gasteiger partial charge in [-0.3, -0.25) is 0 Å². The van der Waals surface area contributed by atoms with Gasteiger partial charge in [-0.1, -0.05) is 20.3 Å². The lowest BCUT2D eigenvalue weighted by Crippen LogP contribution is -2.68. The smallest absolute Gasteiger partial charge is 0.336 e. The molecule has 2 fully saturated rings. The first-order chi connectivity index (χ1) is 9.69. The van der Waals surface area contributed by atoms with Crippen molar-refractivity contribution in [3.05, 3.63) is 11.1 Å². The minimum Gasteiger partial charge on any atom is -0.426 e. The van der Waals surface area contributed by atoms with E-state index in [9.17, 15) is 15.0 Å². The van der Waals surface area contributed by atoms with Crippen LogP contribution < -0.4 is 0 Å². The highest BCUT2D eigenvalue weighted by atomic mass is 16.7. The highest BCUT2D eigenvalue weighted by Crippen LogP contribution is 2.62. The third-order valence-electron chi connectivity index (χ3n) is 6.22. The van der Waals surface area contributed by atoms with Crippen LogP contribution in [0, 0.1) is 11.3 Å². The molecule has 0 aromatic heterocycles. The summed E-state index contributed by atoms with van der Waals surface area (Å²) in [6, 6.07) is 0. The van der Waals surface area contributed by atoms with Crippen LogP contribution in [0.3, 0.4) is 0 Å². The highest BCUT2D eigenvalue weighted by molar-refractivity contribution is 5.92. The summed E-state index contributed by atoms with van der Waals surface area (Å²) >= 11 is 0. The number of hydrogen-bond donors (Lipinski definition) is 2. The Kier molecular flexibility index (Phi) is 3.08. The van der Waals surface area contributed by atoms with E-state index in [4.69, 9.17) is 9.47 Å². The van der Waals surface area contributed by atoms with Gasteiger partial charge in [0.15, 0.2) is 0 Å². The van der Waals surface area contributed by atoms with Crippen LogP contribution in [0.15, 0.2) is 11.1 Å². The minimum absolute atomic E-state index is 0.0269. The summed E-state index contributed by atoms with van der Waals surface area (Å²) in [6.45, 7) is 5.77. The molecule has 0 amide bonds. The molecule has 5 atom stereocenters. The van der Waals surface area contributed by atoms with Crippen molar-refractivity contribution in [3.8, 4) is 0 Å². The van der Waals surface area contributed by atoms with E-state index in [1.165, 1.54) is 0 Å². The van der Waals surface area contributed by atoms with E-state index >= 15 is 0 Å². The van der Waals surface area contributed by atoms with Gasteiger partial charge in [-0.2, -0.15) is 0 Å². The van der Waals surface area contributed by atoms with E-state index < -0.39 is 28.9 Å². The maximum Gasteiger partial charge on any atom is 0.336 e. The average Bonchev–Trinajstić information content (AvgIpc) is 2.60. The van der Waals surface area contributed by atoms with Crippen LogP contribution in [-0.2, 0) is 14.3 Å². The van der Waals surface area contributed by atoms with Crippen molar-refractivity contribution in [2.75, 3.05) is 7.11 Å². The van der Waals surface area contributed by atoms with Crippen molar-refractivity contribution in [1.29, 1.82) is 0 Å². The summed E-state index contributed by atoms with van der Waals surface area (Å²) in [6.07, 6.45) is 1.98. The Balaban J connectivity index is 2.20. The van der Waals surface area contributed by atoms with Gasteiger partial charge in [0.05, 0.1) is 11.7 Å². The molecule has 5 unspecified atom stereocenters. The van der Waals surface area contributed by atoms with Crippen molar-refractivity contribution >= 4 is 5.97 Å². The summed E-state index contributed by atoms with van der Waals surface area (Å²) in [7, 11) is 1.56. The van der Waals surface area contributed by atoms with Crippen LogP contribution in [0.2, 0.25) is 0 Å². The number of ether oxygens (including phenoxy) is 2. The molecule has 0 saturated heterocycles. The second kappa shape index (κ2) is 4.31. The molecule has 0 aromatic carbocycles. The van der Waals surface area contributed by atoms with Gasteiger partial charge in [0.25, 0.3) is 0 Å². The van der Waals surface area contributed by atoms with E-state index in [-0.39, 0.29) is 12.3 Å². The van der Waals surface area contributed by atoms with Gasteiger partial charge in [-0.05, 0) is 25.7 Å². The Hall–Kier alpha value is -0.910. The molecular formula is C16H24O5. The van der Waals surface area contributed by atoms with Crippen LogP contribution >= 0.6 is 0 Å². The number of esters is 1. The van der Waals surface area contributed by atoms with Gasteiger partial charge in [-0.25, -0.2) is 4.79 Å². The molecule has 5 nitrogen and oxygen atoms in total. The SMILES string of the molecule is COC1C2=C(C)C(=O)OC2(O)CC2(O)CCCC(C)C12C. The first kappa shape index (κ1) is 15.0. The summed E-state index contributed by atoms with van der Waals surface area (Å²) in [4.78, 5) is 11.9. The Bertz CT molecular complexity index is 527. The van der Waals surface area contributed by atoms with Crippen LogP contribution in [-0.4, -0.2) is 40.8 Å². The molecule has 0 bridgehead atoms. The Morgan fingerprint density at radius 2 is 2.05 bits per heavy atom. The minimum atomic E-state index is -1.73. The van der Waals surface area contributed by atoms with Crippen LogP contribution in [0.1, 0.15) is 46.5 Å². The molecule has 0 radical (unpaired) electrons. The first-order valence-electron chi connectivity index (χ1n) is 7.62. The predicted octanol–water partition coefficient (Wildman–Crippen LogP) is 1.52. The normalized spacial score (nSPS) is 49.7. The highest BCUT2D eigenvalue weighted by Gasteiger charge is 2.69. The Morgan fingerprint density at radius 3 is 2.67 bits per heavy atom. The van der Waals surface area contributed by atoms with Gasteiger partial charge >= 0.3 is 5.97 Å². The quantitative estimate of drug-likeness (QED) is 0.718. The molecule has 3 aliphatic rings. The van der Waals surface area contributed by atoms with Crippen LogP contribution in [0.25, 0.3) is 0 Å². The fourth-order valence-electron chi connectivity index (χ4n) is 4.79. The zero-order chi connectivity index (χ0) is 15.6. The van der Waals surface area contributed by atoms with E-state index in [2.05, 4.69) is 6.92 Å². The lowest BCUT2D eigenvalue weighted by molar-refractivity contribution is -0.275. The first-order valence-corrected chi connectivity index (χ1v) is 7.62. The van der Waals surface area contributed by atoms with Crippen molar-refractivity contribution in [3.63, 3.8) is 0 Å². The number of aliphatic hydroxyl groups is 2. The molecule has 5 heteroatoms. The number of carbonyl (C=O) groups excluding carboxylic acids is 1. The summed E-state index contributed by atoms with van der Waals surface area (Å²) in [5.74, 6) is -2.03. The molecule has 1 aliphatic heterocycles. The van der Waals surface area contributed by atoms with Crippen molar-refractivity contribution in [2.24, 2.45) is 11.3 Å². The summed E-state index contributed by atoms with van der Waals surface area (Å²) in [5.41, 5.74) is -0.744. The predicted molar refractivity (Wildman–Crippen MR) is 75.2 cm³/mol. The molecule has 2 N–H and O–H groups in total. The topological polar surface area (TPSA) is 76.0 Å². The fourth-order valence-corrected chi connectivity index (χ4v) is 4.79. The molecule has 0 aromatic rings. The molecule has 3 rings (SSSR count). The fraction of sp³-hybridized carbons (Fsp3) is 0.812. The third kappa shape index (κ3) is 1.65.